The van der Waals surface area contributed by atoms with Crippen LogP contribution in [0.25, 0.3) is 5.65 Å². The molecule has 9 heteroatoms. The molecule has 1 N–H and O–H groups in total. The van der Waals surface area contributed by atoms with Gasteiger partial charge in [-0.2, -0.15) is 13.2 Å². The van der Waals surface area contributed by atoms with E-state index in [1.807, 2.05) is 13.8 Å². The van der Waals surface area contributed by atoms with Crippen LogP contribution in [0.4, 0.5) is 13.2 Å². The van der Waals surface area contributed by atoms with Gasteiger partial charge in [0.1, 0.15) is 0 Å². The summed E-state index contributed by atoms with van der Waals surface area (Å²) in [5.74, 6) is -0.145. The van der Waals surface area contributed by atoms with E-state index >= 15 is 0 Å². The maximum atomic E-state index is 12.7. The van der Waals surface area contributed by atoms with Crippen LogP contribution in [0.15, 0.2) is 23.5 Å². The average molecular weight is 318 g/mol. The monoisotopic (exact) mass is 318 g/mol. The summed E-state index contributed by atoms with van der Waals surface area (Å²) in [7, 11) is 0. The lowest BCUT2D eigenvalue weighted by atomic mass is 10.3. The molecule has 0 saturated heterocycles. The van der Waals surface area contributed by atoms with Crippen molar-refractivity contribution in [1.29, 1.82) is 0 Å². The molecule has 0 aliphatic heterocycles. The number of halogens is 3. The van der Waals surface area contributed by atoms with Gasteiger partial charge in [-0.05, 0) is 26.0 Å². The smallest absolute Gasteiger partial charge is 0.353 e. The molecule has 114 valence electrons. The minimum absolute atomic E-state index is 0.00470. The first-order valence-corrected chi connectivity index (χ1v) is 7.10. The van der Waals surface area contributed by atoms with Crippen molar-refractivity contribution in [3.05, 3.63) is 23.9 Å². The van der Waals surface area contributed by atoms with E-state index in [9.17, 15) is 18.0 Å². The first kappa shape index (κ1) is 15.6. The van der Waals surface area contributed by atoms with Crippen LogP contribution in [0, 0.1) is 0 Å². The van der Waals surface area contributed by atoms with Crippen molar-refractivity contribution in [3.8, 4) is 0 Å². The molecule has 2 aromatic heterocycles. The molecule has 5 nitrogen and oxygen atoms in total. The van der Waals surface area contributed by atoms with Crippen molar-refractivity contribution >= 4 is 23.3 Å². The molecular formula is C12H13F3N4OS. The standard InChI is InChI=1S/C12H13F3N4OS/c1-7(2)16-10(20)6-21-11-18-17-9-4-3-8(5-19(9)11)12(13,14)15/h3-5,7H,6H2,1-2H3,(H,16,20). The minimum Gasteiger partial charge on any atom is -0.353 e. The number of hydrogen-bond acceptors (Lipinski definition) is 4. The van der Waals surface area contributed by atoms with Crippen LogP contribution in [0.3, 0.4) is 0 Å². The Morgan fingerprint density at radius 1 is 1.38 bits per heavy atom. The molecule has 0 aliphatic rings. The van der Waals surface area contributed by atoms with E-state index < -0.39 is 11.7 Å². The van der Waals surface area contributed by atoms with Crippen LogP contribution in [0.1, 0.15) is 19.4 Å². The van der Waals surface area contributed by atoms with Gasteiger partial charge in [-0.15, -0.1) is 10.2 Å². The zero-order chi connectivity index (χ0) is 15.6. The van der Waals surface area contributed by atoms with Gasteiger partial charge in [0.25, 0.3) is 0 Å². The average Bonchev–Trinajstić information content (AvgIpc) is 2.76. The summed E-state index contributed by atoms with van der Waals surface area (Å²) >= 11 is 1.04. The fourth-order valence-corrected chi connectivity index (χ4v) is 2.36. The molecule has 0 atom stereocenters. The van der Waals surface area contributed by atoms with Gasteiger partial charge in [0, 0.05) is 12.2 Å². The molecule has 1 amide bonds. The molecule has 0 radical (unpaired) electrons. The molecule has 0 fully saturated rings. The summed E-state index contributed by atoms with van der Waals surface area (Å²) in [4.78, 5) is 11.5. The van der Waals surface area contributed by atoms with E-state index in [4.69, 9.17) is 0 Å². The van der Waals surface area contributed by atoms with Crippen molar-refractivity contribution < 1.29 is 18.0 Å². The lowest BCUT2D eigenvalue weighted by Gasteiger charge is -2.08. The predicted molar refractivity (Wildman–Crippen MR) is 72.0 cm³/mol. The van der Waals surface area contributed by atoms with Gasteiger partial charge in [0.15, 0.2) is 10.8 Å². The number of thioether (sulfide) groups is 1. The van der Waals surface area contributed by atoms with Crippen LogP contribution in [0.2, 0.25) is 0 Å². The van der Waals surface area contributed by atoms with Crippen LogP contribution in [-0.4, -0.2) is 32.3 Å². The number of hydrogen-bond donors (Lipinski definition) is 1. The van der Waals surface area contributed by atoms with E-state index in [1.54, 1.807) is 0 Å². The number of fused-ring (bicyclic) bond motifs is 1. The van der Waals surface area contributed by atoms with E-state index in [-0.39, 0.29) is 22.9 Å². The predicted octanol–water partition coefficient (Wildman–Crippen LogP) is 2.36. The van der Waals surface area contributed by atoms with Gasteiger partial charge in [0.2, 0.25) is 5.91 Å². The van der Waals surface area contributed by atoms with Crippen LogP contribution >= 0.6 is 11.8 Å². The molecule has 2 heterocycles. The van der Waals surface area contributed by atoms with Gasteiger partial charge in [0.05, 0.1) is 11.3 Å². The third-order valence-electron chi connectivity index (χ3n) is 2.48. The summed E-state index contributed by atoms with van der Waals surface area (Å²) in [5.41, 5.74) is -0.488. The third kappa shape index (κ3) is 3.87. The Bertz CT molecular complexity index is 653. The molecule has 2 aromatic rings. The van der Waals surface area contributed by atoms with Gasteiger partial charge in [-0.3, -0.25) is 9.20 Å². The lowest BCUT2D eigenvalue weighted by molar-refractivity contribution is -0.137. The molecule has 0 bridgehead atoms. The molecule has 0 saturated carbocycles. The number of amides is 1. The normalized spacial score (nSPS) is 12.1. The van der Waals surface area contributed by atoms with Crippen LogP contribution in [-0.2, 0) is 11.0 Å². The second-order valence-electron chi connectivity index (χ2n) is 4.64. The number of carbonyl (C=O) groups excluding carboxylic acids is 1. The zero-order valence-electron chi connectivity index (χ0n) is 11.3. The molecular weight excluding hydrogens is 305 g/mol. The summed E-state index contributed by atoms with van der Waals surface area (Å²) in [6.45, 7) is 3.65. The first-order valence-electron chi connectivity index (χ1n) is 6.11. The van der Waals surface area contributed by atoms with Crippen molar-refractivity contribution in [2.75, 3.05) is 5.75 Å². The second kappa shape index (κ2) is 5.92. The molecule has 0 spiro atoms. The minimum atomic E-state index is -4.44. The number of pyridine rings is 1. The topological polar surface area (TPSA) is 59.3 Å². The highest BCUT2D eigenvalue weighted by Crippen LogP contribution is 2.30. The Balaban J connectivity index is 2.19. The Kier molecular flexibility index (Phi) is 4.40. The number of nitrogens with zero attached hydrogens (tertiary/aromatic N) is 3. The highest BCUT2D eigenvalue weighted by Gasteiger charge is 2.31. The number of rotatable bonds is 4. The Morgan fingerprint density at radius 2 is 2.10 bits per heavy atom. The fourth-order valence-electron chi connectivity index (χ4n) is 1.63. The van der Waals surface area contributed by atoms with Gasteiger partial charge >= 0.3 is 6.18 Å². The maximum absolute atomic E-state index is 12.7. The van der Waals surface area contributed by atoms with E-state index in [1.165, 1.54) is 10.5 Å². The van der Waals surface area contributed by atoms with Crippen molar-refractivity contribution in [3.63, 3.8) is 0 Å². The summed E-state index contributed by atoms with van der Waals surface area (Å²) < 4.78 is 39.3. The second-order valence-corrected chi connectivity index (χ2v) is 5.58. The van der Waals surface area contributed by atoms with Crippen LogP contribution < -0.4 is 5.32 Å². The summed E-state index contributed by atoms with van der Waals surface area (Å²) in [5, 5.41) is 10.5. The largest absolute Gasteiger partial charge is 0.417 e. The molecule has 21 heavy (non-hydrogen) atoms. The fraction of sp³-hybridized carbons (Fsp3) is 0.417. The maximum Gasteiger partial charge on any atom is 0.417 e. The SMILES string of the molecule is CC(C)NC(=O)CSc1nnc2ccc(C(F)(F)F)cn12. The third-order valence-corrected chi connectivity index (χ3v) is 3.42. The lowest BCUT2D eigenvalue weighted by Crippen LogP contribution is -2.31. The summed E-state index contributed by atoms with van der Waals surface area (Å²) in [6, 6.07) is 2.20. The van der Waals surface area contributed by atoms with Gasteiger partial charge in [-0.1, -0.05) is 11.8 Å². The quantitative estimate of drug-likeness (QED) is 0.879. The van der Waals surface area contributed by atoms with E-state index in [2.05, 4.69) is 15.5 Å². The van der Waals surface area contributed by atoms with Crippen molar-refractivity contribution in [2.45, 2.75) is 31.2 Å². The Morgan fingerprint density at radius 3 is 2.71 bits per heavy atom. The molecule has 2 rings (SSSR count). The van der Waals surface area contributed by atoms with Gasteiger partial charge < -0.3 is 5.32 Å². The zero-order valence-corrected chi connectivity index (χ0v) is 12.1. The highest BCUT2D eigenvalue weighted by atomic mass is 32.2. The highest BCUT2D eigenvalue weighted by molar-refractivity contribution is 7.99. The number of nitrogens with one attached hydrogen (secondary N) is 1. The Labute approximate surface area is 122 Å². The Hall–Kier alpha value is -1.77. The number of alkyl halides is 3. The first-order chi connectivity index (χ1) is 9.77. The van der Waals surface area contributed by atoms with E-state index in [0.29, 0.717) is 5.65 Å². The number of aromatic nitrogens is 3. The van der Waals surface area contributed by atoms with E-state index in [0.717, 1.165) is 24.0 Å². The van der Waals surface area contributed by atoms with Gasteiger partial charge in [-0.25, -0.2) is 0 Å². The molecule has 0 aromatic carbocycles. The molecule has 0 aliphatic carbocycles. The number of carbonyl (C=O) groups is 1. The molecule has 0 unspecified atom stereocenters. The van der Waals surface area contributed by atoms with Crippen molar-refractivity contribution in [2.24, 2.45) is 0 Å². The van der Waals surface area contributed by atoms with Crippen molar-refractivity contribution in [1.82, 2.24) is 19.9 Å². The van der Waals surface area contributed by atoms with Crippen LogP contribution in [0.5, 0.6) is 0 Å². The summed E-state index contributed by atoms with van der Waals surface area (Å²) in [6.07, 6.45) is -3.51.